The number of rotatable bonds is 20. The highest BCUT2D eigenvalue weighted by Gasteiger charge is 2.37. The van der Waals surface area contributed by atoms with E-state index in [1.54, 1.807) is 33.9 Å². The molecule has 15 heteroatoms. The Kier molecular flexibility index (Phi) is 15.9. The lowest BCUT2D eigenvalue weighted by Crippen LogP contribution is -2.55. The van der Waals surface area contributed by atoms with Crippen LogP contribution in [0.2, 0.25) is 0 Å². The van der Waals surface area contributed by atoms with Crippen LogP contribution in [0.15, 0.2) is 42.9 Å². The Morgan fingerprint density at radius 2 is 1.66 bits per heavy atom. The van der Waals surface area contributed by atoms with E-state index in [2.05, 4.69) is 25.3 Å². The number of nitrogens with zero attached hydrogens (tertiary/aromatic N) is 1. The highest BCUT2D eigenvalue weighted by atomic mass is 32.2. The summed E-state index contributed by atoms with van der Waals surface area (Å²) in [5.74, 6) is -2.46. The number of aliphatic hydroxyl groups excluding tert-OH is 2. The number of sulfonamides is 1. The number of aliphatic hydroxyl groups is 2. The topological polar surface area (TPSA) is 208 Å². The first-order valence-corrected chi connectivity index (χ1v) is 21.0. The number of hydrogen-bond donors (Lipinski definition) is 6. The van der Waals surface area contributed by atoms with E-state index in [0.29, 0.717) is 18.5 Å². The normalized spacial score (nSPS) is 17.7. The minimum atomic E-state index is -3.72. The molecule has 0 aliphatic heterocycles. The third-order valence-electron chi connectivity index (χ3n) is 9.28. The number of benzene rings is 1. The Balaban J connectivity index is 1.84. The van der Waals surface area contributed by atoms with Crippen molar-refractivity contribution >= 4 is 31.7 Å². The van der Waals surface area contributed by atoms with E-state index >= 15 is 0 Å². The molecule has 1 aliphatic carbocycles. The van der Waals surface area contributed by atoms with Gasteiger partial charge < -0.3 is 25.8 Å². The van der Waals surface area contributed by atoms with E-state index in [1.807, 2.05) is 30.3 Å². The number of nitrogens with one attached hydrogen (secondary N) is 4. The van der Waals surface area contributed by atoms with Crippen LogP contribution in [0.25, 0.3) is 0 Å². The Bertz CT molecular complexity index is 1540. The van der Waals surface area contributed by atoms with Gasteiger partial charge in [-0.15, -0.1) is 0 Å². The molecule has 1 heterocycles. The standard InChI is InChI=1S/C35H57N5O8S2/c1-5-16-50(47,48)38-22-29(41)20-32(42)30(18-26-14-10-7-11-15-26)39-34(44)31(19-28-21-36-24-37-28)40-33(43)27(17-25-12-8-6-9-13-25)23-49(45,46)35(2,3)4/h6,8-9,12-13,21,24,26-27,29-32,38,41-42H,5,7,10-11,14-20,22-23H2,1-4H3,(H,36,37)(H,39,44)(H,40,43)/t27?,29-,30-,31-,32-/m0/s1. The van der Waals surface area contributed by atoms with Gasteiger partial charge in [-0.05, 0) is 51.5 Å². The molecule has 13 nitrogen and oxygen atoms in total. The van der Waals surface area contributed by atoms with Gasteiger partial charge >= 0.3 is 0 Å². The Morgan fingerprint density at radius 3 is 2.26 bits per heavy atom. The Morgan fingerprint density at radius 1 is 0.980 bits per heavy atom. The number of H-pyrrole nitrogens is 1. The number of imidazole rings is 1. The lowest BCUT2D eigenvalue weighted by Gasteiger charge is -2.32. The average Bonchev–Trinajstić information content (AvgIpc) is 3.56. The van der Waals surface area contributed by atoms with Crippen molar-refractivity contribution in [1.29, 1.82) is 0 Å². The molecule has 2 amide bonds. The van der Waals surface area contributed by atoms with Crippen LogP contribution in [-0.2, 0) is 42.3 Å². The zero-order chi connectivity index (χ0) is 37.0. The van der Waals surface area contributed by atoms with Gasteiger partial charge in [0, 0.05) is 25.6 Å². The van der Waals surface area contributed by atoms with Crippen molar-refractivity contribution in [3.05, 3.63) is 54.1 Å². The zero-order valence-corrected chi connectivity index (χ0v) is 31.4. The first kappa shape index (κ1) is 41.6. The van der Waals surface area contributed by atoms with Crippen LogP contribution in [0.1, 0.15) is 90.3 Å². The maximum Gasteiger partial charge on any atom is 0.243 e. The summed E-state index contributed by atoms with van der Waals surface area (Å²) in [5, 5.41) is 27.7. The fourth-order valence-electron chi connectivity index (χ4n) is 6.22. The second-order valence-corrected chi connectivity index (χ2v) is 19.3. The fourth-order valence-corrected chi connectivity index (χ4v) is 8.65. The van der Waals surface area contributed by atoms with Gasteiger partial charge in [0.05, 0.1) is 52.4 Å². The van der Waals surface area contributed by atoms with Crippen LogP contribution in [-0.4, -0.2) is 95.9 Å². The van der Waals surface area contributed by atoms with Crippen LogP contribution in [0.3, 0.4) is 0 Å². The fraction of sp³-hybridized carbons (Fsp3) is 0.686. The molecular formula is C35H57N5O8S2. The molecule has 1 fully saturated rings. The molecule has 0 radical (unpaired) electrons. The van der Waals surface area contributed by atoms with Crippen molar-refractivity contribution in [3.8, 4) is 0 Å². The zero-order valence-electron chi connectivity index (χ0n) is 29.8. The molecule has 1 aromatic heterocycles. The van der Waals surface area contributed by atoms with E-state index in [9.17, 15) is 36.6 Å². The van der Waals surface area contributed by atoms with Gasteiger partial charge in [-0.2, -0.15) is 0 Å². The number of sulfone groups is 1. The predicted octanol–water partition coefficient (Wildman–Crippen LogP) is 2.41. The minimum absolute atomic E-state index is 0.000766. The first-order valence-electron chi connectivity index (χ1n) is 17.7. The van der Waals surface area contributed by atoms with E-state index in [0.717, 1.165) is 37.7 Å². The highest BCUT2D eigenvalue weighted by Crippen LogP contribution is 2.29. The second kappa shape index (κ2) is 19.1. The minimum Gasteiger partial charge on any atom is -0.392 e. The molecule has 50 heavy (non-hydrogen) atoms. The third kappa shape index (κ3) is 13.7. The number of aromatic nitrogens is 2. The number of carbonyl (C=O) groups is 2. The van der Waals surface area contributed by atoms with Crippen molar-refractivity contribution in [3.63, 3.8) is 0 Å². The monoisotopic (exact) mass is 739 g/mol. The van der Waals surface area contributed by atoms with Gasteiger partial charge in [0.25, 0.3) is 0 Å². The summed E-state index contributed by atoms with van der Waals surface area (Å²) in [5.41, 5.74) is 1.27. The van der Waals surface area contributed by atoms with Crippen molar-refractivity contribution in [2.24, 2.45) is 11.8 Å². The first-order chi connectivity index (χ1) is 23.5. The van der Waals surface area contributed by atoms with Gasteiger partial charge in [-0.3, -0.25) is 9.59 Å². The molecule has 0 bridgehead atoms. The van der Waals surface area contributed by atoms with Crippen LogP contribution in [0, 0.1) is 11.8 Å². The van der Waals surface area contributed by atoms with Gasteiger partial charge in [0.2, 0.25) is 21.8 Å². The van der Waals surface area contributed by atoms with Gasteiger partial charge in [0.15, 0.2) is 9.84 Å². The molecule has 1 aromatic carbocycles. The summed E-state index contributed by atoms with van der Waals surface area (Å²) in [6.07, 6.45) is 6.46. The summed E-state index contributed by atoms with van der Waals surface area (Å²) in [6, 6.07) is 7.13. The number of hydrogen-bond acceptors (Lipinski definition) is 9. The summed E-state index contributed by atoms with van der Waals surface area (Å²) in [7, 11) is -7.29. The number of carbonyl (C=O) groups excluding carboxylic acids is 2. The van der Waals surface area contributed by atoms with Gasteiger partial charge in [-0.25, -0.2) is 26.5 Å². The van der Waals surface area contributed by atoms with E-state index in [1.165, 1.54) is 6.33 Å². The summed E-state index contributed by atoms with van der Waals surface area (Å²) in [4.78, 5) is 35.1. The lowest BCUT2D eigenvalue weighted by atomic mass is 9.83. The van der Waals surface area contributed by atoms with E-state index in [4.69, 9.17) is 0 Å². The molecule has 3 rings (SSSR count). The second-order valence-electron chi connectivity index (χ2n) is 14.6. The van der Waals surface area contributed by atoms with Crippen LogP contribution in [0.4, 0.5) is 0 Å². The van der Waals surface area contributed by atoms with Crippen molar-refractivity contribution in [1.82, 2.24) is 25.3 Å². The molecule has 2 aromatic rings. The predicted molar refractivity (Wildman–Crippen MR) is 193 cm³/mol. The Hall–Kier alpha value is -2.85. The molecule has 0 saturated heterocycles. The molecule has 1 aliphatic rings. The Labute approximate surface area is 297 Å². The largest absolute Gasteiger partial charge is 0.392 e. The average molecular weight is 740 g/mol. The smallest absolute Gasteiger partial charge is 0.243 e. The molecule has 282 valence electrons. The van der Waals surface area contributed by atoms with E-state index < -0.39 is 72.4 Å². The summed E-state index contributed by atoms with van der Waals surface area (Å²) in [6.45, 7) is 6.21. The van der Waals surface area contributed by atoms with Gasteiger partial charge in [0.1, 0.15) is 6.04 Å². The maximum absolute atomic E-state index is 14.1. The van der Waals surface area contributed by atoms with E-state index in [-0.39, 0.29) is 37.5 Å². The SMILES string of the molecule is CCCS(=O)(=O)NC[C@@H](O)C[C@H](O)[C@H](CC1CCCCC1)NC(=O)[C@H](Cc1c[nH]cn1)NC(=O)C(Cc1ccccc1)CS(=O)(=O)C(C)(C)C. The van der Waals surface area contributed by atoms with Crippen molar-refractivity contribution < 1.29 is 36.6 Å². The quantitative estimate of drug-likeness (QED) is 0.118. The summed E-state index contributed by atoms with van der Waals surface area (Å²) >= 11 is 0. The number of amides is 2. The van der Waals surface area contributed by atoms with Crippen LogP contribution >= 0.6 is 0 Å². The molecule has 1 unspecified atom stereocenters. The summed E-state index contributed by atoms with van der Waals surface area (Å²) < 4.78 is 52.1. The maximum atomic E-state index is 14.1. The van der Waals surface area contributed by atoms with Gasteiger partial charge in [-0.1, -0.05) is 69.4 Å². The van der Waals surface area contributed by atoms with Crippen molar-refractivity contribution in [2.75, 3.05) is 18.1 Å². The molecular weight excluding hydrogens is 683 g/mol. The lowest BCUT2D eigenvalue weighted by molar-refractivity contribution is -0.131. The molecule has 0 spiro atoms. The van der Waals surface area contributed by atoms with Crippen LogP contribution < -0.4 is 15.4 Å². The highest BCUT2D eigenvalue weighted by molar-refractivity contribution is 7.92. The molecule has 1 saturated carbocycles. The molecule has 6 N–H and O–H groups in total. The van der Waals surface area contributed by atoms with Crippen molar-refractivity contribution in [2.45, 2.75) is 121 Å². The molecule has 5 atom stereocenters. The number of aromatic amines is 1. The third-order valence-corrected chi connectivity index (χ3v) is 13.5. The van der Waals surface area contributed by atoms with Crippen LogP contribution in [0.5, 0.6) is 0 Å².